The molecule has 0 aliphatic carbocycles. The first-order chi connectivity index (χ1) is 12.4. The quantitative estimate of drug-likeness (QED) is 0.821. The van der Waals surface area contributed by atoms with Crippen molar-refractivity contribution in [1.82, 2.24) is 14.5 Å². The molecule has 1 aliphatic heterocycles. The highest BCUT2D eigenvalue weighted by atomic mass is 19.4. The molecular weight excluding hydrogens is 370 g/mol. The fourth-order valence-corrected chi connectivity index (χ4v) is 3.26. The summed E-state index contributed by atoms with van der Waals surface area (Å²) in [5, 5.41) is 8.91. The number of rotatable bonds is 3. The van der Waals surface area contributed by atoms with E-state index in [1.807, 2.05) is 0 Å². The number of carbonyl (C=O) groups is 2. The zero-order chi connectivity index (χ0) is 20.1. The average Bonchev–Trinajstić information content (AvgIpc) is 3.15. The van der Waals surface area contributed by atoms with Crippen LogP contribution in [0.2, 0.25) is 0 Å². The highest BCUT2D eigenvalue weighted by molar-refractivity contribution is 5.98. The van der Waals surface area contributed by atoms with Crippen molar-refractivity contribution in [2.45, 2.75) is 38.2 Å². The van der Waals surface area contributed by atoms with Crippen LogP contribution in [0, 0.1) is 0 Å². The molecule has 0 spiro atoms. The Labute approximate surface area is 151 Å². The number of nitrogens with zero attached hydrogens (tertiary/aromatic N) is 3. The summed E-state index contributed by atoms with van der Waals surface area (Å²) in [6.07, 6.45) is -4.99. The summed E-state index contributed by atoms with van der Waals surface area (Å²) >= 11 is 0. The lowest BCUT2D eigenvalue weighted by molar-refractivity contribution is -0.149. The van der Waals surface area contributed by atoms with Gasteiger partial charge >= 0.3 is 12.1 Å². The number of aromatic nitrogens is 2. The van der Waals surface area contributed by atoms with Gasteiger partial charge in [-0.2, -0.15) is 13.2 Å². The van der Waals surface area contributed by atoms with Crippen molar-refractivity contribution in [3.8, 4) is 0 Å². The Bertz CT molecular complexity index is 922. The number of carboxylic acids is 1. The van der Waals surface area contributed by atoms with Crippen molar-refractivity contribution in [3.63, 3.8) is 0 Å². The Hall–Kier alpha value is -2.65. The van der Waals surface area contributed by atoms with Crippen LogP contribution in [0.5, 0.6) is 0 Å². The minimum atomic E-state index is -4.66. The standard InChI is InChI=1S/C17H17F4N3O3/c1-9(2)24-12-4-3-10(7-11(12)22-14(24)17(19,20)21)13(25)23-6-5-16(18,8-23)15(26)27/h3-4,7,9H,5-6,8H2,1-2H3,(H,26,27). The van der Waals surface area contributed by atoms with Crippen molar-refractivity contribution in [1.29, 1.82) is 0 Å². The summed E-state index contributed by atoms with van der Waals surface area (Å²) in [4.78, 5) is 28.2. The molecule has 146 valence electrons. The molecule has 3 rings (SSSR count). The zero-order valence-electron chi connectivity index (χ0n) is 14.5. The van der Waals surface area contributed by atoms with Gasteiger partial charge in [0.25, 0.3) is 5.91 Å². The maximum absolute atomic E-state index is 14.2. The van der Waals surface area contributed by atoms with E-state index in [1.165, 1.54) is 18.2 Å². The molecule has 0 saturated carbocycles. The first kappa shape index (κ1) is 19.1. The number of halogens is 4. The number of alkyl halides is 4. The summed E-state index contributed by atoms with van der Waals surface area (Å²) in [6, 6.07) is 3.41. The van der Waals surface area contributed by atoms with Crippen LogP contribution >= 0.6 is 0 Å². The number of aliphatic carboxylic acids is 1. The minimum Gasteiger partial charge on any atom is -0.479 e. The van der Waals surface area contributed by atoms with Gasteiger partial charge in [-0.15, -0.1) is 0 Å². The number of likely N-dealkylation sites (tertiary alicyclic amines) is 1. The topological polar surface area (TPSA) is 75.4 Å². The van der Waals surface area contributed by atoms with Crippen molar-refractivity contribution in [2.24, 2.45) is 0 Å². The van der Waals surface area contributed by atoms with E-state index in [0.717, 1.165) is 9.47 Å². The normalized spacial score (nSPS) is 20.6. The number of benzene rings is 1. The third-order valence-corrected chi connectivity index (χ3v) is 4.60. The molecule has 6 nitrogen and oxygen atoms in total. The Balaban J connectivity index is 1.98. The maximum atomic E-state index is 14.2. The molecule has 1 aliphatic rings. The van der Waals surface area contributed by atoms with Gasteiger partial charge in [0.2, 0.25) is 11.5 Å². The molecule has 0 bridgehead atoms. The SMILES string of the molecule is CC(C)n1c(C(F)(F)F)nc2cc(C(=O)N3CCC(F)(C(=O)O)C3)ccc21. The Kier molecular flexibility index (Phi) is 4.40. The lowest BCUT2D eigenvalue weighted by atomic mass is 10.1. The Morgan fingerprint density at radius 1 is 1.30 bits per heavy atom. The Morgan fingerprint density at radius 3 is 2.48 bits per heavy atom. The van der Waals surface area contributed by atoms with Crippen LogP contribution in [0.1, 0.15) is 42.5 Å². The van der Waals surface area contributed by atoms with E-state index in [-0.39, 0.29) is 29.6 Å². The third kappa shape index (κ3) is 3.24. The van der Waals surface area contributed by atoms with Crippen LogP contribution in [-0.4, -0.2) is 50.2 Å². The molecule has 1 N–H and O–H groups in total. The number of carbonyl (C=O) groups excluding carboxylic acids is 1. The van der Waals surface area contributed by atoms with E-state index in [9.17, 15) is 27.2 Å². The largest absolute Gasteiger partial charge is 0.479 e. The van der Waals surface area contributed by atoms with E-state index in [1.54, 1.807) is 13.8 Å². The molecule has 1 amide bonds. The highest BCUT2D eigenvalue weighted by Crippen LogP contribution is 2.34. The van der Waals surface area contributed by atoms with Crippen LogP contribution in [-0.2, 0) is 11.0 Å². The first-order valence-electron chi connectivity index (χ1n) is 8.25. The predicted molar refractivity (Wildman–Crippen MR) is 87.1 cm³/mol. The molecule has 1 aromatic heterocycles. The fourth-order valence-electron chi connectivity index (χ4n) is 3.26. The van der Waals surface area contributed by atoms with Gasteiger partial charge in [0.05, 0.1) is 17.6 Å². The zero-order valence-corrected chi connectivity index (χ0v) is 14.5. The van der Waals surface area contributed by atoms with Gasteiger partial charge in [0, 0.05) is 24.6 Å². The van der Waals surface area contributed by atoms with Crippen molar-refractivity contribution in [3.05, 3.63) is 29.6 Å². The molecule has 10 heteroatoms. The van der Waals surface area contributed by atoms with Gasteiger partial charge in [-0.3, -0.25) is 4.79 Å². The lowest BCUT2D eigenvalue weighted by Gasteiger charge is -2.18. The van der Waals surface area contributed by atoms with Crippen LogP contribution < -0.4 is 0 Å². The van der Waals surface area contributed by atoms with Gasteiger partial charge in [-0.05, 0) is 32.0 Å². The minimum absolute atomic E-state index is 0.00850. The summed E-state index contributed by atoms with van der Waals surface area (Å²) in [7, 11) is 0. The molecule has 0 radical (unpaired) electrons. The molecule has 27 heavy (non-hydrogen) atoms. The van der Waals surface area contributed by atoms with Crippen LogP contribution in [0.15, 0.2) is 18.2 Å². The Morgan fingerprint density at radius 2 is 1.96 bits per heavy atom. The fraction of sp³-hybridized carbons (Fsp3) is 0.471. The molecule has 2 heterocycles. The van der Waals surface area contributed by atoms with E-state index < -0.39 is 42.1 Å². The monoisotopic (exact) mass is 387 g/mol. The molecular formula is C17H17F4N3O3. The summed E-state index contributed by atoms with van der Waals surface area (Å²) in [6.45, 7) is 2.49. The van der Waals surface area contributed by atoms with Gasteiger partial charge in [0.15, 0.2) is 0 Å². The first-order valence-corrected chi connectivity index (χ1v) is 8.25. The van der Waals surface area contributed by atoms with E-state index in [0.29, 0.717) is 0 Å². The second-order valence-electron chi connectivity index (χ2n) is 6.85. The highest BCUT2D eigenvalue weighted by Gasteiger charge is 2.47. The van der Waals surface area contributed by atoms with Crippen LogP contribution in [0.3, 0.4) is 0 Å². The molecule has 1 unspecified atom stereocenters. The van der Waals surface area contributed by atoms with Crippen molar-refractivity contribution < 1.29 is 32.3 Å². The smallest absolute Gasteiger partial charge is 0.449 e. The van der Waals surface area contributed by atoms with Gasteiger partial charge in [-0.25, -0.2) is 14.2 Å². The van der Waals surface area contributed by atoms with Gasteiger partial charge in [0.1, 0.15) is 0 Å². The average molecular weight is 387 g/mol. The van der Waals surface area contributed by atoms with E-state index >= 15 is 0 Å². The summed E-state index contributed by atoms with van der Waals surface area (Å²) in [5.74, 6) is -3.35. The number of imidazole rings is 1. The van der Waals surface area contributed by atoms with Gasteiger partial charge < -0.3 is 14.6 Å². The summed E-state index contributed by atoms with van der Waals surface area (Å²) in [5.41, 5.74) is -2.27. The summed E-state index contributed by atoms with van der Waals surface area (Å²) < 4.78 is 55.0. The number of fused-ring (bicyclic) bond motifs is 1. The van der Waals surface area contributed by atoms with E-state index in [4.69, 9.17) is 5.11 Å². The second-order valence-corrected chi connectivity index (χ2v) is 6.85. The molecule has 1 aromatic carbocycles. The maximum Gasteiger partial charge on any atom is 0.449 e. The molecule has 1 saturated heterocycles. The molecule has 1 atom stereocenters. The second kappa shape index (κ2) is 6.21. The molecule has 2 aromatic rings. The third-order valence-electron chi connectivity index (χ3n) is 4.60. The number of hydrogen-bond donors (Lipinski definition) is 1. The number of amides is 1. The van der Waals surface area contributed by atoms with Crippen molar-refractivity contribution >= 4 is 22.9 Å². The lowest BCUT2D eigenvalue weighted by Crippen LogP contribution is -2.38. The van der Waals surface area contributed by atoms with Crippen LogP contribution in [0.25, 0.3) is 11.0 Å². The van der Waals surface area contributed by atoms with Gasteiger partial charge in [-0.1, -0.05) is 0 Å². The number of carboxylic acid groups (broad SMARTS) is 1. The van der Waals surface area contributed by atoms with Crippen LogP contribution in [0.4, 0.5) is 17.6 Å². The van der Waals surface area contributed by atoms with Crippen molar-refractivity contribution in [2.75, 3.05) is 13.1 Å². The van der Waals surface area contributed by atoms with E-state index in [2.05, 4.69) is 4.98 Å². The molecule has 1 fully saturated rings. The number of hydrogen-bond acceptors (Lipinski definition) is 3. The predicted octanol–water partition coefficient (Wildman–Crippen LogP) is 3.27.